The minimum absolute atomic E-state index is 0.118. The smallest absolute Gasteiger partial charge is 0.410 e. The molecule has 0 radical (unpaired) electrons. The molecule has 3 aromatic rings. The average Bonchev–Trinajstić information content (AvgIpc) is 3.60. The molecule has 1 spiro atoms. The number of fused-ring (bicyclic) bond motifs is 1. The summed E-state index contributed by atoms with van der Waals surface area (Å²) in [7, 11) is 0. The Balaban J connectivity index is 0.922. The Bertz CT molecular complexity index is 1580. The van der Waals surface area contributed by atoms with Crippen molar-refractivity contribution in [3.63, 3.8) is 0 Å². The molecule has 14 heteroatoms. The van der Waals surface area contributed by atoms with Crippen molar-refractivity contribution in [3.8, 4) is 0 Å². The third-order valence-corrected chi connectivity index (χ3v) is 10.1. The van der Waals surface area contributed by atoms with E-state index in [0.29, 0.717) is 48.0 Å². The number of benzene rings is 1. The second-order valence-electron chi connectivity index (χ2n) is 14.0. The predicted octanol–water partition coefficient (Wildman–Crippen LogP) is 5.55. The first-order valence-corrected chi connectivity index (χ1v) is 17.0. The number of hydrogen-bond acceptors (Lipinski definition) is 9. The summed E-state index contributed by atoms with van der Waals surface area (Å²) in [5.74, 6) is 0.607. The van der Waals surface area contributed by atoms with E-state index in [2.05, 4.69) is 30.4 Å². The van der Waals surface area contributed by atoms with Gasteiger partial charge in [-0.05, 0) is 75.8 Å². The third-order valence-electron chi connectivity index (χ3n) is 9.09. The summed E-state index contributed by atoms with van der Waals surface area (Å²) in [6.07, 6.45) is -1.04. The van der Waals surface area contributed by atoms with Gasteiger partial charge in [-0.25, -0.2) is 14.8 Å². The van der Waals surface area contributed by atoms with Gasteiger partial charge in [0.1, 0.15) is 22.6 Å². The quantitative estimate of drug-likeness (QED) is 0.321. The summed E-state index contributed by atoms with van der Waals surface area (Å²) in [5, 5.41) is 7.29. The van der Waals surface area contributed by atoms with E-state index >= 15 is 0 Å². The van der Waals surface area contributed by atoms with Crippen molar-refractivity contribution in [1.29, 1.82) is 0 Å². The number of carbonyl (C=O) groups excluding carboxylic acids is 2. The van der Waals surface area contributed by atoms with Gasteiger partial charge in [0.25, 0.3) is 5.91 Å². The van der Waals surface area contributed by atoms with E-state index in [1.54, 1.807) is 11.0 Å². The van der Waals surface area contributed by atoms with Crippen LogP contribution in [0.25, 0.3) is 10.2 Å². The fourth-order valence-corrected chi connectivity index (χ4v) is 7.85. The summed E-state index contributed by atoms with van der Waals surface area (Å²) in [4.78, 5) is 40.7. The van der Waals surface area contributed by atoms with Gasteiger partial charge in [-0.1, -0.05) is 0 Å². The minimum Gasteiger partial charge on any atom is -0.444 e. The average molecular weight is 674 g/mol. The number of nitrogens with one attached hydrogen (secondary N) is 2. The number of amides is 2. The maximum atomic E-state index is 13.0. The molecule has 3 aliphatic rings. The first-order valence-electron chi connectivity index (χ1n) is 16.1. The number of carbonyl (C=O) groups is 2. The number of hydrogen-bond donors (Lipinski definition) is 2. The lowest BCUT2D eigenvalue weighted by atomic mass is 9.65. The van der Waals surface area contributed by atoms with Gasteiger partial charge in [0.2, 0.25) is 0 Å². The molecule has 0 bridgehead atoms. The van der Waals surface area contributed by atoms with E-state index in [9.17, 15) is 22.8 Å². The third kappa shape index (κ3) is 8.26. The highest BCUT2D eigenvalue weighted by atomic mass is 32.1. The number of nitrogens with zero attached hydrogens (tertiary/aromatic N) is 5. The molecule has 0 unspecified atom stereocenters. The van der Waals surface area contributed by atoms with Gasteiger partial charge in [-0.3, -0.25) is 9.69 Å². The molecule has 2 N–H and O–H groups in total. The number of halogens is 3. The fourth-order valence-electron chi connectivity index (χ4n) is 6.83. The topological polar surface area (TPSA) is 103 Å². The first kappa shape index (κ1) is 33.3. The van der Waals surface area contributed by atoms with Gasteiger partial charge in [0.15, 0.2) is 0 Å². The SMILES string of the molecule is CC(C)(C)OC(=O)N1CCN(CCNC(=O)c2ccc(NC3CC4(CCN(c5ncnc6sc(CC(F)(F)F)cc56)C4)C3)cc2)CC1. The van der Waals surface area contributed by atoms with Gasteiger partial charge < -0.3 is 25.2 Å². The van der Waals surface area contributed by atoms with Crippen molar-refractivity contribution in [1.82, 2.24) is 25.1 Å². The molecule has 3 fully saturated rings. The second-order valence-corrected chi connectivity index (χ2v) is 15.1. The van der Waals surface area contributed by atoms with Crippen LogP contribution in [0, 0.1) is 5.41 Å². The van der Waals surface area contributed by atoms with E-state index in [4.69, 9.17) is 4.74 Å². The monoisotopic (exact) mass is 673 g/mol. The number of alkyl halides is 3. The van der Waals surface area contributed by atoms with Crippen molar-refractivity contribution in [2.75, 3.05) is 62.6 Å². The largest absolute Gasteiger partial charge is 0.444 e. The summed E-state index contributed by atoms with van der Waals surface area (Å²) in [6, 6.07) is 9.44. The highest BCUT2D eigenvalue weighted by Gasteiger charge is 2.49. The first-order chi connectivity index (χ1) is 22.2. The zero-order chi connectivity index (χ0) is 33.4. The summed E-state index contributed by atoms with van der Waals surface area (Å²) in [6.45, 7) is 11.1. The van der Waals surface area contributed by atoms with E-state index in [1.165, 1.54) is 6.33 Å². The van der Waals surface area contributed by atoms with Crippen molar-refractivity contribution in [3.05, 3.63) is 47.1 Å². The lowest BCUT2D eigenvalue weighted by molar-refractivity contribution is -0.126. The molecule has 2 amide bonds. The molecule has 6 rings (SSSR count). The number of aromatic nitrogens is 2. The minimum atomic E-state index is -4.25. The highest BCUT2D eigenvalue weighted by Crippen LogP contribution is 2.50. The molecule has 1 aliphatic carbocycles. The molecule has 4 heterocycles. The molecule has 1 saturated carbocycles. The second kappa shape index (κ2) is 13.1. The van der Waals surface area contributed by atoms with Crippen LogP contribution in [0.3, 0.4) is 0 Å². The van der Waals surface area contributed by atoms with Gasteiger partial charge >= 0.3 is 12.3 Å². The molecule has 1 aromatic carbocycles. The van der Waals surface area contributed by atoms with Gasteiger partial charge in [-0.15, -0.1) is 11.3 Å². The van der Waals surface area contributed by atoms with Crippen LogP contribution in [-0.4, -0.2) is 102 Å². The lowest BCUT2D eigenvalue weighted by Crippen LogP contribution is -2.51. The molecular weight excluding hydrogens is 631 g/mol. The van der Waals surface area contributed by atoms with Crippen molar-refractivity contribution >= 4 is 45.1 Å². The highest BCUT2D eigenvalue weighted by molar-refractivity contribution is 7.18. The molecule has 2 aromatic heterocycles. The van der Waals surface area contributed by atoms with Crippen LogP contribution in [0.2, 0.25) is 0 Å². The maximum absolute atomic E-state index is 13.0. The van der Waals surface area contributed by atoms with E-state index in [0.717, 1.165) is 68.3 Å². The summed E-state index contributed by atoms with van der Waals surface area (Å²) in [5.41, 5.74) is 1.21. The number of rotatable bonds is 8. The Morgan fingerprint density at radius 3 is 2.45 bits per heavy atom. The molecule has 254 valence electrons. The molecular formula is C33H42F3N7O3S. The molecule has 0 atom stereocenters. The normalized spacial score (nSPS) is 22.0. The van der Waals surface area contributed by atoms with Crippen LogP contribution in [0.4, 0.5) is 29.5 Å². The van der Waals surface area contributed by atoms with E-state index in [1.807, 2.05) is 45.0 Å². The maximum Gasteiger partial charge on any atom is 0.410 e. The van der Waals surface area contributed by atoms with Gasteiger partial charge in [0.05, 0.1) is 11.8 Å². The Labute approximate surface area is 276 Å². The van der Waals surface area contributed by atoms with Crippen LogP contribution >= 0.6 is 11.3 Å². The van der Waals surface area contributed by atoms with Crippen molar-refractivity contribution in [2.24, 2.45) is 5.41 Å². The Morgan fingerprint density at radius 1 is 1.04 bits per heavy atom. The number of ether oxygens (including phenoxy) is 1. The standard InChI is InChI=1S/C33H42F3N7O3S/c1-31(2,3)46-30(45)42-14-12-41(13-15-42)11-9-37-28(44)22-4-6-23(7-5-22)40-24-17-32(18-24)8-10-43(20-32)27-26-16-25(19-33(34,35)36)47-29(26)39-21-38-27/h4-7,16,21,24,40H,8-15,17-20H2,1-3H3,(H,37,44). The van der Waals surface area contributed by atoms with E-state index in [-0.39, 0.29) is 22.3 Å². The van der Waals surface area contributed by atoms with Crippen LogP contribution in [-0.2, 0) is 11.2 Å². The molecule has 2 saturated heterocycles. The zero-order valence-corrected chi connectivity index (χ0v) is 27.8. The number of anilines is 2. The Morgan fingerprint density at radius 2 is 1.77 bits per heavy atom. The summed E-state index contributed by atoms with van der Waals surface area (Å²) >= 11 is 1.08. The van der Waals surface area contributed by atoms with Gasteiger partial charge in [-0.2, -0.15) is 13.2 Å². The zero-order valence-electron chi connectivity index (χ0n) is 27.0. The number of thiophene rings is 1. The van der Waals surface area contributed by atoms with Crippen LogP contribution < -0.4 is 15.5 Å². The molecule has 47 heavy (non-hydrogen) atoms. The lowest BCUT2D eigenvalue weighted by Gasteiger charge is -2.46. The Kier molecular flexibility index (Phi) is 9.27. The summed E-state index contributed by atoms with van der Waals surface area (Å²) < 4.78 is 44.3. The fraction of sp³-hybridized carbons (Fsp3) is 0.576. The van der Waals surface area contributed by atoms with Crippen molar-refractivity contribution < 1.29 is 27.5 Å². The molecule has 10 nitrogen and oxygen atoms in total. The van der Waals surface area contributed by atoms with E-state index < -0.39 is 18.2 Å². The predicted molar refractivity (Wildman–Crippen MR) is 176 cm³/mol. The number of piperazine rings is 1. The van der Waals surface area contributed by atoms with Gasteiger partial charge in [0, 0.05) is 74.5 Å². The van der Waals surface area contributed by atoms with Crippen LogP contribution in [0.15, 0.2) is 36.7 Å². The Hall–Kier alpha value is -3.65. The molecule has 2 aliphatic heterocycles. The van der Waals surface area contributed by atoms with Crippen LogP contribution in [0.5, 0.6) is 0 Å². The van der Waals surface area contributed by atoms with Crippen molar-refractivity contribution in [2.45, 2.75) is 64.3 Å². The van der Waals surface area contributed by atoms with Crippen LogP contribution in [0.1, 0.15) is 55.3 Å².